The third kappa shape index (κ3) is 2.07. The van der Waals surface area contributed by atoms with Crippen LogP contribution in [0.2, 0.25) is 0 Å². The Kier molecular flexibility index (Phi) is 2.82. The molecule has 1 saturated heterocycles. The van der Waals surface area contributed by atoms with Crippen molar-refractivity contribution >= 4 is 11.6 Å². The molecular weight excluding hydrogens is 192 g/mol. The number of aromatic nitrogens is 1. The molecule has 0 spiro atoms. The highest BCUT2D eigenvalue weighted by Crippen LogP contribution is 2.18. The van der Waals surface area contributed by atoms with E-state index in [-0.39, 0.29) is 0 Å². The standard InChI is InChI=1S/C10H14N4O/c11-10(15)8-1-2-13-7-9(8)14-5-3-12-4-6-14/h1-2,7,12H,3-6H2,(H2,11,15). The number of primary amides is 1. The van der Waals surface area contributed by atoms with Gasteiger partial charge in [0, 0.05) is 32.4 Å². The van der Waals surface area contributed by atoms with Gasteiger partial charge in [0.25, 0.3) is 5.91 Å². The van der Waals surface area contributed by atoms with Crippen molar-refractivity contribution in [1.82, 2.24) is 10.3 Å². The van der Waals surface area contributed by atoms with Gasteiger partial charge in [-0.3, -0.25) is 9.78 Å². The van der Waals surface area contributed by atoms with Crippen LogP contribution in [0.1, 0.15) is 10.4 Å². The summed E-state index contributed by atoms with van der Waals surface area (Å²) in [5.74, 6) is -0.397. The average molecular weight is 206 g/mol. The number of hydrogen-bond donors (Lipinski definition) is 2. The van der Waals surface area contributed by atoms with Crippen molar-refractivity contribution in [2.24, 2.45) is 5.73 Å². The molecule has 1 fully saturated rings. The van der Waals surface area contributed by atoms with Gasteiger partial charge in [0.15, 0.2) is 0 Å². The Balaban J connectivity index is 2.29. The zero-order valence-electron chi connectivity index (χ0n) is 8.44. The van der Waals surface area contributed by atoms with Crippen LogP contribution in [0.5, 0.6) is 0 Å². The highest BCUT2D eigenvalue weighted by atomic mass is 16.1. The number of amides is 1. The topological polar surface area (TPSA) is 71.2 Å². The number of carbonyl (C=O) groups is 1. The Morgan fingerprint density at radius 2 is 2.20 bits per heavy atom. The van der Waals surface area contributed by atoms with Crippen LogP contribution in [0.3, 0.4) is 0 Å². The zero-order valence-corrected chi connectivity index (χ0v) is 8.44. The number of nitrogens with two attached hydrogens (primary N) is 1. The first kappa shape index (κ1) is 9.92. The smallest absolute Gasteiger partial charge is 0.250 e. The predicted molar refractivity (Wildman–Crippen MR) is 57.8 cm³/mol. The van der Waals surface area contributed by atoms with E-state index in [0.29, 0.717) is 5.56 Å². The number of piperazine rings is 1. The lowest BCUT2D eigenvalue weighted by Crippen LogP contribution is -2.44. The molecule has 0 aliphatic carbocycles. The molecule has 2 heterocycles. The van der Waals surface area contributed by atoms with Crippen molar-refractivity contribution in [2.75, 3.05) is 31.1 Å². The summed E-state index contributed by atoms with van der Waals surface area (Å²) in [7, 11) is 0. The van der Waals surface area contributed by atoms with Crippen LogP contribution in [-0.4, -0.2) is 37.1 Å². The fraction of sp³-hybridized carbons (Fsp3) is 0.400. The molecule has 1 aliphatic heterocycles. The van der Waals surface area contributed by atoms with E-state index >= 15 is 0 Å². The van der Waals surface area contributed by atoms with Crippen LogP contribution in [0.15, 0.2) is 18.5 Å². The van der Waals surface area contributed by atoms with Crippen LogP contribution in [0.25, 0.3) is 0 Å². The van der Waals surface area contributed by atoms with Crippen molar-refractivity contribution in [3.63, 3.8) is 0 Å². The Labute approximate surface area is 88.3 Å². The molecule has 5 nitrogen and oxygen atoms in total. The molecule has 15 heavy (non-hydrogen) atoms. The van der Waals surface area contributed by atoms with Crippen LogP contribution < -0.4 is 16.0 Å². The minimum atomic E-state index is -0.397. The quantitative estimate of drug-likeness (QED) is 0.690. The van der Waals surface area contributed by atoms with E-state index < -0.39 is 5.91 Å². The van der Waals surface area contributed by atoms with Crippen LogP contribution in [0.4, 0.5) is 5.69 Å². The number of pyridine rings is 1. The number of nitrogens with zero attached hydrogens (tertiary/aromatic N) is 2. The summed E-state index contributed by atoms with van der Waals surface area (Å²) in [5.41, 5.74) is 6.70. The van der Waals surface area contributed by atoms with Gasteiger partial charge in [-0.05, 0) is 6.07 Å². The number of hydrogen-bond acceptors (Lipinski definition) is 4. The maximum Gasteiger partial charge on any atom is 0.250 e. The second-order valence-electron chi connectivity index (χ2n) is 3.49. The van der Waals surface area contributed by atoms with Gasteiger partial charge < -0.3 is 16.0 Å². The van der Waals surface area contributed by atoms with Gasteiger partial charge in [-0.25, -0.2) is 0 Å². The maximum atomic E-state index is 11.2. The minimum Gasteiger partial charge on any atom is -0.367 e. The second-order valence-corrected chi connectivity index (χ2v) is 3.49. The van der Waals surface area contributed by atoms with E-state index in [0.717, 1.165) is 31.9 Å². The molecule has 0 bridgehead atoms. The molecule has 1 aromatic heterocycles. The van der Waals surface area contributed by atoms with Gasteiger partial charge in [-0.15, -0.1) is 0 Å². The third-order valence-electron chi connectivity index (χ3n) is 2.52. The van der Waals surface area contributed by atoms with Gasteiger partial charge in [0.1, 0.15) is 0 Å². The van der Waals surface area contributed by atoms with Gasteiger partial charge >= 0.3 is 0 Å². The molecule has 80 valence electrons. The molecule has 1 aromatic rings. The van der Waals surface area contributed by atoms with Crippen molar-refractivity contribution in [3.05, 3.63) is 24.0 Å². The van der Waals surface area contributed by atoms with Gasteiger partial charge in [0.2, 0.25) is 0 Å². The summed E-state index contributed by atoms with van der Waals surface area (Å²) < 4.78 is 0. The average Bonchev–Trinajstić information content (AvgIpc) is 2.30. The summed E-state index contributed by atoms with van der Waals surface area (Å²) in [6.07, 6.45) is 3.29. The van der Waals surface area contributed by atoms with E-state index in [1.54, 1.807) is 18.5 Å². The minimum absolute atomic E-state index is 0.397. The first-order valence-corrected chi connectivity index (χ1v) is 4.98. The van der Waals surface area contributed by atoms with Crippen molar-refractivity contribution in [1.29, 1.82) is 0 Å². The number of nitrogens with one attached hydrogen (secondary N) is 1. The Hall–Kier alpha value is -1.62. The van der Waals surface area contributed by atoms with E-state index in [4.69, 9.17) is 5.73 Å². The normalized spacial score (nSPS) is 16.4. The van der Waals surface area contributed by atoms with Crippen molar-refractivity contribution < 1.29 is 4.79 Å². The molecule has 1 amide bonds. The summed E-state index contributed by atoms with van der Waals surface area (Å²) in [5, 5.41) is 3.25. The lowest BCUT2D eigenvalue weighted by Gasteiger charge is -2.30. The van der Waals surface area contributed by atoms with Crippen LogP contribution >= 0.6 is 0 Å². The third-order valence-corrected chi connectivity index (χ3v) is 2.52. The molecule has 0 saturated carbocycles. The Morgan fingerprint density at radius 3 is 2.87 bits per heavy atom. The molecule has 0 aromatic carbocycles. The van der Waals surface area contributed by atoms with E-state index in [1.807, 2.05) is 0 Å². The van der Waals surface area contributed by atoms with Gasteiger partial charge in [0.05, 0.1) is 17.4 Å². The van der Waals surface area contributed by atoms with Crippen LogP contribution in [0, 0.1) is 0 Å². The largest absolute Gasteiger partial charge is 0.367 e. The summed E-state index contributed by atoms with van der Waals surface area (Å²) in [6, 6.07) is 1.67. The number of carbonyl (C=O) groups excluding carboxylic acids is 1. The predicted octanol–water partition coefficient (Wildman–Crippen LogP) is -0.410. The van der Waals surface area contributed by atoms with Crippen LogP contribution in [-0.2, 0) is 0 Å². The molecule has 1 aliphatic rings. The molecule has 2 rings (SSSR count). The highest BCUT2D eigenvalue weighted by molar-refractivity contribution is 5.98. The van der Waals surface area contributed by atoms with Gasteiger partial charge in [-0.1, -0.05) is 0 Å². The fourth-order valence-corrected chi connectivity index (χ4v) is 1.75. The van der Waals surface area contributed by atoms with E-state index in [1.165, 1.54) is 0 Å². The highest BCUT2D eigenvalue weighted by Gasteiger charge is 2.16. The lowest BCUT2D eigenvalue weighted by atomic mass is 10.2. The van der Waals surface area contributed by atoms with Crippen molar-refractivity contribution in [3.8, 4) is 0 Å². The first-order valence-electron chi connectivity index (χ1n) is 4.98. The summed E-state index contributed by atoms with van der Waals surface area (Å²) in [6.45, 7) is 3.61. The molecule has 0 unspecified atom stereocenters. The number of rotatable bonds is 2. The van der Waals surface area contributed by atoms with E-state index in [9.17, 15) is 4.79 Å². The Morgan fingerprint density at radius 1 is 1.47 bits per heavy atom. The van der Waals surface area contributed by atoms with E-state index in [2.05, 4.69) is 15.2 Å². The summed E-state index contributed by atoms with van der Waals surface area (Å²) in [4.78, 5) is 17.4. The zero-order chi connectivity index (χ0) is 10.7. The number of anilines is 1. The molecule has 3 N–H and O–H groups in total. The van der Waals surface area contributed by atoms with Crippen molar-refractivity contribution in [2.45, 2.75) is 0 Å². The molecule has 0 atom stereocenters. The maximum absolute atomic E-state index is 11.2. The fourth-order valence-electron chi connectivity index (χ4n) is 1.75. The lowest BCUT2D eigenvalue weighted by molar-refractivity contribution is 0.100. The monoisotopic (exact) mass is 206 g/mol. The molecular formula is C10H14N4O. The summed E-state index contributed by atoms with van der Waals surface area (Å²) >= 11 is 0. The molecule has 5 heteroatoms. The van der Waals surface area contributed by atoms with Gasteiger partial charge in [-0.2, -0.15) is 0 Å². The second kappa shape index (κ2) is 4.27. The molecule has 0 radical (unpaired) electrons. The SMILES string of the molecule is NC(=O)c1ccncc1N1CCNCC1. The first-order chi connectivity index (χ1) is 7.29. The Bertz CT molecular complexity index is 360.